The molecule has 1 fully saturated rings. The van der Waals surface area contributed by atoms with Gasteiger partial charge in [-0.05, 0) is 46.7 Å². The third-order valence-electron chi connectivity index (χ3n) is 7.94. The molecule has 6 rings (SSSR count). The SMILES string of the molecule is COc1ccc(C(Nc2nc(-n3cnc([N+](=O)[O-])n3)nc3c2ncn3C2CC(NC(=O)CO)C(O)C2O)c2ccc(OC)cc2)cc1. The van der Waals surface area contributed by atoms with Crippen LogP contribution in [0.5, 0.6) is 11.5 Å². The number of carbonyl (C=O) groups is 1. The predicted molar refractivity (Wildman–Crippen MR) is 163 cm³/mol. The van der Waals surface area contributed by atoms with E-state index in [1.54, 1.807) is 14.2 Å². The van der Waals surface area contributed by atoms with E-state index in [4.69, 9.17) is 14.6 Å². The molecular weight excluding hydrogens is 616 g/mol. The quantitative estimate of drug-likeness (QED) is 0.0980. The third kappa shape index (κ3) is 6.11. The van der Waals surface area contributed by atoms with Crippen molar-refractivity contribution >= 4 is 28.8 Å². The first kappa shape index (κ1) is 31.3. The number of hydrogen-bond acceptors (Lipinski definition) is 14. The number of amides is 1. The number of benzene rings is 2. The topological polar surface area (TPSA) is 238 Å². The number of aliphatic hydroxyl groups is 3. The van der Waals surface area contributed by atoms with Gasteiger partial charge < -0.3 is 50.1 Å². The number of nitrogens with one attached hydrogen (secondary N) is 2. The number of hydrogen-bond donors (Lipinski definition) is 5. The summed E-state index contributed by atoms with van der Waals surface area (Å²) in [5.41, 5.74) is 2.14. The highest BCUT2D eigenvalue weighted by molar-refractivity contribution is 5.84. The number of anilines is 1. The van der Waals surface area contributed by atoms with Crippen LogP contribution in [0.2, 0.25) is 0 Å². The van der Waals surface area contributed by atoms with Gasteiger partial charge in [-0.25, -0.2) is 4.98 Å². The molecule has 18 heteroatoms. The zero-order valence-corrected chi connectivity index (χ0v) is 25.0. The summed E-state index contributed by atoms with van der Waals surface area (Å²) in [6, 6.07) is 12.6. The summed E-state index contributed by atoms with van der Waals surface area (Å²) in [6.07, 6.45) is -0.0889. The van der Waals surface area contributed by atoms with Crippen LogP contribution in [0.3, 0.4) is 0 Å². The Morgan fingerprint density at radius 3 is 2.19 bits per heavy atom. The molecule has 2 aromatic carbocycles. The Labute approximate surface area is 265 Å². The fourth-order valence-electron chi connectivity index (χ4n) is 5.55. The second-order valence-electron chi connectivity index (χ2n) is 10.7. The van der Waals surface area contributed by atoms with Gasteiger partial charge in [-0.1, -0.05) is 29.2 Å². The van der Waals surface area contributed by atoms with Crippen molar-refractivity contribution in [1.82, 2.24) is 39.6 Å². The summed E-state index contributed by atoms with van der Waals surface area (Å²) in [4.78, 5) is 39.9. The molecule has 5 N–H and O–H groups in total. The average Bonchev–Trinajstić information content (AvgIpc) is 3.82. The largest absolute Gasteiger partial charge is 0.497 e. The van der Waals surface area contributed by atoms with Crippen LogP contribution in [0.4, 0.5) is 11.8 Å². The van der Waals surface area contributed by atoms with Gasteiger partial charge in [0.25, 0.3) is 5.95 Å². The minimum absolute atomic E-state index is 0.0801. The zero-order chi connectivity index (χ0) is 33.2. The molecule has 1 aliphatic carbocycles. The molecule has 244 valence electrons. The highest BCUT2D eigenvalue weighted by atomic mass is 16.6. The molecule has 0 radical (unpaired) electrons. The van der Waals surface area contributed by atoms with Crippen molar-refractivity contribution in [1.29, 1.82) is 0 Å². The number of carbonyl (C=O) groups excluding carboxylic acids is 1. The van der Waals surface area contributed by atoms with Gasteiger partial charge in [0.05, 0.1) is 38.7 Å². The lowest BCUT2D eigenvalue weighted by molar-refractivity contribution is -0.394. The van der Waals surface area contributed by atoms with Crippen LogP contribution in [0, 0.1) is 10.1 Å². The van der Waals surface area contributed by atoms with Gasteiger partial charge in [-0.3, -0.25) is 4.79 Å². The van der Waals surface area contributed by atoms with Gasteiger partial charge in [-0.2, -0.15) is 9.97 Å². The van der Waals surface area contributed by atoms with Crippen LogP contribution in [-0.2, 0) is 4.79 Å². The summed E-state index contributed by atoms with van der Waals surface area (Å²) in [5, 5.41) is 52.0. The molecule has 0 saturated heterocycles. The Hall–Kier alpha value is -5.72. The molecule has 4 atom stereocenters. The number of imidazole rings is 1. The summed E-state index contributed by atoms with van der Waals surface area (Å²) >= 11 is 0. The summed E-state index contributed by atoms with van der Waals surface area (Å²) in [7, 11) is 3.14. The Bertz CT molecular complexity index is 1850. The Balaban J connectivity index is 1.47. The number of ether oxygens (including phenoxy) is 2. The lowest BCUT2D eigenvalue weighted by Crippen LogP contribution is -2.44. The minimum Gasteiger partial charge on any atom is -0.497 e. The van der Waals surface area contributed by atoms with Crippen LogP contribution in [0.25, 0.3) is 17.1 Å². The van der Waals surface area contributed by atoms with Gasteiger partial charge in [0.15, 0.2) is 17.0 Å². The van der Waals surface area contributed by atoms with Gasteiger partial charge in [-0.15, -0.1) is 4.68 Å². The van der Waals surface area contributed by atoms with E-state index in [0.29, 0.717) is 11.5 Å². The molecule has 5 aromatic rings. The predicted octanol–water partition coefficient (Wildman–Crippen LogP) is 0.678. The Morgan fingerprint density at radius 2 is 1.64 bits per heavy atom. The molecule has 0 spiro atoms. The number of nitrogens with zero attached hydrogens (tertiary/aromatic N) is 8. The van der Waals surface area contributed by atoms with E-state index in [0.717, 1.165) is 22.1 Å². The summed E-state index contributed by atoms with van der Waals surface area (Å²) in [6.45, 7) is -0.781. The van der Waals surface area contributed by atoms with E-state index >= 15 is 0 Å². The van der Waals surface area contributed by atoms with Gasteiger partial charge >= 0.3 is 5.95 Å². The van der Waals surface area contributed by atoms with Crippen molar-refractivity contribution in [3.05, 3.63) is 82.4 Å². The maximum Gasteiger partial charge on any atom is 0.491 e. The number of nitro groups is 1. The molecule has 47 heavy (non-hydrogen) atoms. The standard InChI is InChI=1S/C29H30N10O8/c1-46-17-7-3-15(4-8-17)22(16-5-9-18(47-2)10-6-16)33-26-23-27(35-29(34-26)38-14-31-28(36-38)39(44)45)37(13-30-23)20-11-19(24(42)25(20)43)32-21(41)12-40/h3-10,13-14,19-20,22,24-25,40,42-43H,11-12H2,1-2H3,(H,32,41)(H,33,34,35). The fourth-order valence-corrected chi connectivity index (χ4v) is 5.55. The maximum absolute atomic E-state index is 11.9. The highest BCUT2D eigenvalue weighted by Gasteiger charge is 2.44. The van der Waals surface area contributed by atoms with Crippen molar-refractivity contribution in [2.75, 3.05) is 26.1 Å². The molecular formula is C29H30N10O8. The van der Waals surface area contributed by atoms with Crippen molar-refractivity contribution < 1.29 is 34.5 Å². The van der Waals surface area contributed by atoms with E-state index in [1.165, 1.54) is 10.9 Å². The van der Waals surface area contributed by atoms with E-state index in [9.17, 15) is 25.1 Å². The van der Waals surface area contributed by atoms with Gasteiger partial charge in [0.2, 0.25) is 12.2 Å². The normalized spacial score (nSPS) is 19.2. The van der Waals surface area contributed by atoms with E-state index in [2.05, 4.69) is 35.7 Å². The third-order valence-corrected chi connectivity index (χ3v) is 7.94. The lowest BCUT2D eigenvalue weighted by atomic mass is 9.98. The highest BCUT2D eigenvalue weighted by Crippen LogP contribution is 2.36. The number of rotatable bonds is 11. The van der Waals surface area contributed by atoms with Crippen LogP contribution in [-0.4, -0.2) is 99.5 Å². The van der Waals surface area contributed by atoms with Gasteiger partial charge in [0, 0.05) is 5.10 Å². The van der Waals surface area contributed by atoms with E-state index < -0.39 is 53.7 Å². The number of fused-ring (bicyclic) bond motifs is 1. The first-order valence-electron chi connectivity index (χ1n) is 14.3. The van der Waals surface area contributed by atoms with E-state index in [-0.39, 0.29) is 29.4 Å². The first-order chi connectivity index (χ1) is 22.7. The maximum atomic E-state index is 11.9. The smallest absolute Gasteiger partial charge is 0.491 e. The second kappa shape index (κ2) is 12.9. The monoisotopic (exact) mass is 646 g/mol. The van der Waals surface area contributed by atoms with Crippen LogP contribution >= 0.6 is 0 Å². The molecule has 1 amide bonds. The summed E-state index contributed by atoms with van der Waals surface area (Å²) in [5.74, 6) is 0.0742. The molecule has 0 bridgehead atoms. The van der Waals surface area contributed by atoms with Crippen molar-refractivity contribution in [3.63, 3.8) is 0 Å². The van der Waals surface area contributed by atoms with Crippen LogP contribution < -0.4 is 20.1 Å². The molecule has 3 aromatic heterocycles. The summed E-state index contributed by atoms with van der Waals surface area (Å²) < 4.78 is 13.3. The molecule has 18 nitrogen and oxygen atoms in total. The van der Waals surface area contributed by atoms with Gasteiger partial charge in [0.1, 0.15) is 30.3 Å². The second-order valence-corrected chi connectivity index (χ2v) is 10.7. The lowest BCUT2D eigenvalue weighted by Gasteiger charge is -2.22. The zero-order valence-electron chi connectivity index (χ0n) is 25.0. The fraction of sp³-hybridized carbons (Fsp3) is 0.310. The number of aliphatic hydroxyl groups excluding tert-OH is 3. The molecule has 4 unspecified atom stereocenters. The van der Waals surface area contributed by atoms with Crippen LogP contribution in [0.1, 0.15) is 29.6 Å². The molecule has 0 aliphatic heterocycles. The Morgan fingerprint density at radius 1 is 1.00 bits per heavy atom. The molecule has 3 heterocycles. The Kier molecular flexibility index (Phi) is 8.61. The first-order valence-corrected chi connectivity index (χ1v) is 14.3. The van der Waals surface area contributed by atoms with Crippen molar-refractivity contribution in [2.45, 2.75) is 36.8 Å². The molecule has 1 saturated carbocycles. The number of aromatic nitrogens is 7. The molecule has 1 aliphatic rings. The van der Waals surface area contributed by atoms with Crippen LogP contribution in [0.15, 0.2) is 61.2 Å². The minimum atomic E-state index is -1.35. The van der Waals surface area contributed by atoms with Crippen molar-refractivity contribution in [2.24, 2.45) is 0 Å². The average molecular weight is 647 g/mol. The number of methoxy groups -OCH3 is 2. The van der Waals surface area contributed by atoms with Crippen molar-refractivity contribution in [3.8, 4) is 17.4 Å². The van der Waals surface area contributed by atoms with E-state index in [1.807, 2.05) is 48.5 Å².